The molecule has 1 atom stereocenters. The molecule has 2 amide bonds. The second-order valence-corrected chi connectivity index (χ2v) is 6.26. The number of carbonyl (C=O) groups is 3. The van der Waals surface area contributed by atoms with E-state index in [1.807, 2.05) is 25.1 Å². The van der Waals surface area contributed by atoms with E-state index >= 15 is 0 Å². The van der Waals surface area contributed by atoms with Crippen molar-refractivity contribution in [3.05, 3.63) is 59.7 Å². The van der Waals surface area contributed by atoms with Crippen LogP contribution in [0.5, 0.6) is 11.5 Å². The number of hydrogen-bond acceptors (Lipinski definition) is 6. The smallest absolute Gasteiger partial charge is 0.344 e. The topological polar surface area (TPSA) is 117 Å². The summed E-state index contributed by atoms with van der Waals surface area (Å²) in [5, 5.41) is 2.59. The number of rotatable bonds is 9. The summed E-state index contributed by atoms with van der Waals surface area (Å²) in [7, 11) is 1.50. The number of hydrogen-bond donors (Lipinski definition) is 2. The molecular weight excluding hydrogens is 388 g/mol. The van der Waals surface area contributed by atoms with Crippen LogP contribution in [0.25, 0.3) is 6.08 Å². The highest BCUT2D eigenvalue weighted by molar-refractivity contribution is 5.96. The number of anilines is 1. The average molecular weight is 412 g/mol. The van der Waals surface area contributed by atoms with Gasteiger partial charge in [-0.25, -0.2) is 4.79 Å². The maximum absolute atomic E-state index is 12.2. The molecule has 8 nitrogen and oxygen atoms in total. The largest absolute Gasteiger partial charge is 0.493 e. The molecular formula is C22H24N2O6. The number of methoxy groups -OCH3 is 1. The SMILES string of the molecule is C/C=C/c1ccc(OCC(=O)O[C@H](C)C(=O)Nc2ccc(C(N)=O)cc2)c(OC)c1. The van der Waals surface area contributed by atoms with Crippen LogP contribution in [0.2, 0.25) is 0 Å². The number of nitrogens with one attached hydrogen (secondary N) is 1. The number of ether oxygens (including phenoxy) is 3. The third-order valence-electron chi connectivity index (χ3n) is 4.01. The molecule has 0 unspecified atom stereocenters. The van der Waals surface area contributed by atoms with Gasteiger partial charge in [-0.05, 0) is 55.8 Å². The first kappa shape index (κ1) is 22.5. The average Bonchev–Trinajstić information content (AvgIpc) is 2.73. The standard InChI is InChI=1S/C22H24N2O6/c1-4-5-15-6-11-18(19(12-15)28-3)29-13-20(25)30-14(2)22(27)24-17-9-7-16(8-10-17)21(23)26/h4-12,14H,13H2,1-3H3,(H2,23,26)(H,24,27)/b5-4+/t14-/m1/s1. The lowest BCUT2D eigenvalue weighted by molar-refractivity contribution is -0.155. The van der Waals surface area contributed by atoms with Crippen LogP contribution in [0, 0.1) is 0 Å². The zero-order chi connectivity index (χ0) is 22.1. The highest BCUT2D eigenvalue weighted by Gasteiger charge is 2.19. The van der Waals surface area contributed by atoms with Gasteiger partial charge in [-0.3, -0.25) is 9.59 Å². The summed E-state index contributed by atoms with van der Waals surface area (Å²) in [6.45, 7) is 2.96. The number of allylic oxidation sites excluding steroid dienone is 1. The molecule has 0 aliphatic rings. The Kier molecular flexibility index (Phi) is 7.99. The predicted molar refractivity (Wildman–Crippen MR) is 112 cm³/mol. The molecule has 2 aromatic rings. The van der Waals surface area contributed by atoms with Crippen LogP contribution in [-0.2, 0) is 14.3 Å². The van der Waals surface area contributed by atoms with Crippen LogP contribution in [0.15, 0.2) is 48.5 Å². The minimum atomic E-state index is -1.05. The van der Waals surface area contributed by atoms with Crippen molar-refractivity contribution in [1.29, 1.82) is 0 Å². The van der Waals surface area contributed by atoms with E-state index in [0.717, 1.165) is 5.56 Å². The van der Waals surface area contributed by atoms with Gasteiger partial charge in [0.15, 0.2) is 24.2 Å². The first-order valence-electron chi connectivity index (χ1n) is 9.17. The van der Waals surface area contributed by atoms with Gasteiger partial charge in [-0.1, -0.05) is 18.2 Å². The van der Waals surface area contributed by atoms with E-state index in [1.165, 1.54) is 38.3 Å². The minimum Gasteiger partial charge on any atom is -0.493 e. The van der Waals surface area contributed by atoms with Gasteiger partial charge < -0.3 is 25.3 Å². The van der Waals surface area contributed by atoms with Crippen LogP contribution in [0.4, 0.5) is 5.69 Å². The van der Waals surface area contributed by atoms with E-state index < -0.39 is 23.9 Å². The van der Waals surface area contributed by atoms with Crippen molar-refractivity contribution in [1.82, 2.24) is 0 Å². The van der Waals surface area contributed by atoms with Crippen molar-refractivity contribution in [2.45, 2.75) is 20.0 Å². The second-order valence-electron chi connectivity index (χ2n) is 6.26. The molecule has 30 heavy (non-hydrogen) atoms. The number of carbonyl (C=O) groups excluding carboxylic acids is 3. The number of amides is 2. The number of nitrogens with two attached hydrogens (primary N) is 1. The fourth-order valence-electron chi connectivity index (χ4n) is 2.48. The maximum atomic E-state index is 12.2. The number of benzene rings is 2. The summed E-state index contributed by atoms with van der Waals surface area (Å²) >= 11 is 0. The predicted octanol–water partition coefficient (Wildman–Crippen LogP) is 2.78. The van der Waals surface area contributed by atoms with Crippen LogP contribution >= 0.6 is 0 Å². The Labute approximate surface area is 174 Å². The first-order valence-corrected chi connectivity index (χ1v) is 9.17. The minimum absolute atomic E-state index is 0.318. The monoisotopic (exact) mass is 412 g/mol. The first-order chi connectivity index (χ1) is 14.3. The molecule has 0 fully saturated rings. The molecule has 8 heteroatoms. The molecule has 0 heterocycles. The summed E-state index contributed by atoms with van der Waals surface area (Å²) in [6.07, 6.45) is 2.75. The Bertz CT molecular complexity index is 937. The van der Waals surface area contributed by atoms with Gasteiger partial charge in [-0.2, -0.15) is 0 Å². The zero-order valence-corrected chi connectivity index (χ0v) is 17.0. The normalized spacial score (nSPS) is 11.6. The van der Waals surface area contributed by atoms with Crippen molar-refractivity contribution in [2.75, 3.05) is 19.0 Å². The maximum Gasteiger partial charge on any atom is 0.344 e. The third kappa shape index (κ3) is 6.37. The van der Waals surface area contributed by atoms with Gasteiger partial charge in [0.25, 0.3) is 5.91 Å². The van der Waals surface area contributed by atoms with Crippen LogP contribution < -0.4 is 20.5 Å². The molecule has 0 aromatic heterocycles. The van der Waals surface area contributed by atoms with Crippen molar-refractivity contribution in [3.8, 4) is 11.5 Å². The number of primary amides is 1. The molecule has 0 saturated heterocycles. The lowest BCUT2D eigenvalue weighted by Crippen LogP contribution is -2.31. The van der Waals surface area contributed by atoms with E-state index in [1.54, 1.807) is 12.1 Å². The molecule has 0 radical (unpaired) electrons. The van der Waals surface area contributed by atoms with Crippen molar-refractivity contribution >= 4 is 29.5 Å². The Morgan fingerprint density at radius 1 is 1.10 bits per heavy atom. The van der Waals surface area contributed by atoms with E-state index in [0.29, 0.717) is 22.7 Å². The van der Waals surface area contributed by atoms with E-state index in [9.17, 15) is 14.4 Å². The third-order valence-corrected chi connectivity index (χ3v) is 4.01. The van der Waals surface area contributed by atoms with Gasteiger partial charge in [0.1, 0.15) is 0 Å². The molecule has 2 rings (SSSR count). The van der Waals surface area contributed by atoms with E-state index in [-0.39, 0.29) is 6.61 Å². The summed E-state index contributed by atoms with van der Waals surface area (Å²) in [6, 6.07) is 11.3. The molecule has 0 aliphatic carbocycles. The fourth-order valence-corrected chi connectivity index (χ4v) is 2.48. The Morgan fingerprint density at radius 2 is 1.80 bits per heavy atom. The van der Waals surface area contributed by atoms with Gasteiger partial charge in [0.2, 0.25) is 5.91 Å². The molecule has 0 aliphatic heterocycles. The van der Waals surface area contributed by atoms with Gasteiger partial charge >= 0.3 is 5.97 Å². The van der Waals surface area contributed by atoms with Crippen LogP contribution in [0.3, 0.4) is 0 Å². The molecule has 158 valence electrons. The lowest BCUT2D eigenvalue weighted by atomic mass is 10.2. The van der Waals surface area contributed by atoms with E-state index in [2.05, 4.69) is 5.32 Å². The number of esters is 1. The zero-order valence-electron chi connectivity index (χ0n) is 17.0. The van der Waals surface area contributed by atoms with Crippen molar-refractivity contribution < 1.29 is 28.6 Å². The quantitative estimate of drug-likeness (QED) is 0.612. The summed E-state index contributed by atoms with van der Waals surface area (Å²) < 4.78 is 15.8. The van der Waals surface area contributed by atoms with Crippen LogP contribution in [-0.4, -0.2) is 37.6 Å². The highest BCUT2D eigenvalue weighted by atomic mass is 16.6. The van der Waals surface area contributed by atoms with Crippen molar-refractivity contribution in [3.63, 3.8) is 0 Å². The van der Waals surface area contributed by atoms with Gasteiger partial charge in [0, 0.05) is 11.3 Å². The van der Waals surface area contributed by atoms with Crippen molar-refractivity contribution in [2.24, 2.45) is 5.73 Å². The Morgan fingerprint density at radius 3 is 2.40 bits per heavy atom. The Balaban J connectivity index is 1.88. The summed E-state index contributed by atoms with van der Waals surface area (Å²) in [4.78, 5) is 35.3. The molecule has 0 spiro atoms. The van der Waals surface area contributed by atoms with E-state index in [4.69, 9.17) is 19.9 Å². The lowest BCUT2D eigenvalue weighted by Gasteiger charge is -2.15. The van der Waals surface area contributed by atoms with Crippen LogP contribution in [0.1, 0.15) is 29.8 Å². The molecule has 2 aromatic carbocycles. The molecule has 0 bridgehead atoms. The Hall–Kier alpha value is -3.81. The summed E-state index contributed by atoms with van der Waals surface area (Å²) in [5.74, 6) is -0.939. The second kappa shape index (κ2) is 10.7. The van der Waals surface area contributed by atoms with Gasteiger partial charge in [-0.15, -0.1) is 0 Å². The fraction of sp³-hybridized carbons (Fsp3) is 0.227. The molecule has 0 saturated carbocycles. The summed E-state index contributed by atoms with van der Waals surface area (Å²) in [5.41, 5.74) is 6.86. The van der Waals surface area contributed by atoms with Gasteiger partial charge in [0.05, 0.1) is 7.11 Å². The highest BCUT2D eigenvalue weighted by Crippen LogP contribution is 2.28. The molecule has 3 N–H and O–H groups in total.